The molecule has 0 radical (unpaired) electrons. The molecule has 1 N–H and O–H groups in total. The van der Waals surface area contributed by atoms with Crippen LogP contribution in [0, 0.1) is 3.57 Å². The van der Waals surface area contributed by atoms with Crippen LogP contribution in [0.5, 0.6) is 5.75 Å². The lowest BCUT2D eigenvalue weighted by atomic mass is 10.1. The van der Waals surface area contributed by atoms with Crippen LogP contribution in [0.15, 0.2) is 41.2 Å². The molecule has 0 unspecified atom stereocenters. The molecule has 0 atom stereocenters. The number of nitrogens with zero attached hydrogens (tertiary/aromatic N) is 2. The van der Waals surface area contributed by atoms with Crippen molar-refractivity contribution in [2.24, 2.45) is 7.05 Å². The Morgan fingerprint density at radius 3 is 2.42 bits per heavy atom. The summed E-state index contributed by atoms with van der Waals surface area (Å²) < 4.78 is 9.01. The van der Waals surface area contributed by atoms with Crippen LogP contribution in [-0.4, -0.2) is 39.4 Å². The van der Waals surface area contributed by atoms with E-state index in [2.05, 4.69) is 46.9 Å². The van der Waals surface area contributed by atoms with Gasteiger partial charge in [-0.15, -0.1) is 0 Å². The number of rotatable bonds is 6. The highest BCUT2D eigenvalue weighted by Crippen LogP contribution is 2.29. The highest BCUT2D eigenvalue weighted by atomic mass is 127. The first-order chi connectivity index (χ1) is 14.5. The summed E-state index contributed by atoms with van der Waals surface area (Å²) in [7, 11) is 1.65. The van der Waals surface area contributed by atoms with Gasteiger partial charge in [0.25, 0.3) is 0 Å². The summed E-state index contributed by atoms with van der Waals surface area (Å²) in [5.41, 5.74) is 2.04. The topological polar surface area (TPSA) is 71.8 Å². The predicted octanol–water partition coefficient (Wildman–Crippen LogP) is 4.93. The molecule has 1 amide bonds. The molecule has 2 aromatic carbocycles. The highest BCUT2D eigenvalue weighted by Gasteiger charge is 2.22. The van der Waals surface area contributed by atoms with Gasteiger partial charge in [0.15, 0.2) is 0 Å². The average molecular weight is 554 g/mol. The van der Waals surface area contributed by atoms with Crippen molar-refractivity contribution in [2.75, 3.05) is 13.1 Å². The van der Waals surface area contributed by atoms with E-state index in [-0.39, 0.29) is 16.7 Å². The Hall–Kier alpha value is -2.07. The number of thiazole rings is 1. The number of phenolic OH excluding ortho intramolecular Hbond substituents is 1. The summed E-state index contributed by atoms with van der Waals surface area (Å²) >= 11 is 3.38. The zero-order valence-corrected chi connectivity index (χ0v) is 21.1. The van der Waals surface area contributed by atoms with E-state index in [1.807, 2.05) is 26.8 Å². The minimum absolute atomic E-state index is 0.0855. The van der Waals surface area contributed by atoms with Crippen molar-refractivity contribution >= 4 is 50.2 Å². The van der Waals surface area contributed by atoms with Crippen molar-refractivity contribution in [3.63, 3.8) is 0 Å². The van der Waals surface area contributed by atoms with E-state index >= 15 is 0 Å². The van der Waals surface area contributed by atoms with Crippen molar-refractivity contribution in [3.8, 4) is 5.75 Å². The van der Waals surface area contributed by atoms with Crippen LogP contribution >= 0.6 is 33.9 Å². The van der Waals surface area contributed by atoms with Crippen molar-refractivity contribution < 1.29 is 14.6 Å². The van der Waals surface area contributed by atoms with Crippen LogP contribution in [0.1, 0.15) is 31.9 Å². The number of ether oxygens (including phenoxy) is 1. The van der Waals surface area contributed by atoms with Gasteiger partial charge >= 0.3 is 11.0 Å². The van der Waals surface area contributed by atoms with Crippen molar-refractivity contribution in [1.82, 2.24) is 9.47 Å². The van der Waals surface area contributed by atoms with Gasteiger partial charge in [0, 0.05) is 23.7 Å². The number of phenols is 1. The van der Waals surface area contributed by atoms with Crippen LogP contribution in [0.4, 0.5) is 4.79 Å². The number of amides is 1. The second kappa shape index (κ2) is 9.60. The molecule has 1 aromatic heterocycles. The molecular weight excluding hydrogens is 527 g/mol. The second-order valence-electron chi connectivity index (χ2n) is 8.44. The van der Waals surface area contributed by atoms with E-state index in [0.29, 0.717) is 25.0 Å². The van der Waals surface area contributed by atoms with E-state index in [0.717, 1.165) is 33.6 Å². The summed E-state index contributed by atoms with van der Waals surface area (Å²) in [5.74, 6) is 0.0855. The minimum atomic E-state index is -0.580. The fourth-order valence-corrected chi connectivity index (χ4v) is 4.68. The summed E-state index contributed by atoms with van der Waals surface area (Å²) in [4.78, 5) is 26.5. The SMILES string of the molecule is Cn1c(=O)sc2c(CCN(CCc3ccc(I)cc3)C(=O)OC(C)(C)C)ccc(O)c21. The molecule has 0 aliphatic rings. The molecule has 0 bridgehead atoms. The van der Waals surface area contributed by atoms with Crippen LogP contribution in [0.3, 0.4) is 0 Å². The lowest BCUT2D eigenvalue weighted by Crippen LogP contribution is -2.39. The smallest absolute Gasteiger partial charge is 0.410 e. The van der Waals surface area contributed by atoms with Crippen molar-refractivity contribution in [1.29, 1.82) is 0 Å². The minimum Gasteiger partial charge on any atom is -0.506 e. The molecule has 0 aliphatic heterocycles. The second-order valence-corrected chi connectivity index (χ2v) is 10.6. The maximum Gasteiger partial charge on any atom is 0.410 e. The molecule has 0 saturated carbocycles. The van der Waals surface area contributed by atoms with Gasteiger partial charge in [0.1, 0.15) is 16.9 Å². The van der Waals surface area contributed by atoms with Crippen LogP contribution in [-0.2, 0) is 24.6 Å². The summed E-state index contributed by atoms with van der Waals surface area (Å²) in [6.07, 6.45) is 0.928. The number of aromatic nitrogens is 1. The van der Waals surface area contributed by atoms with Gasteiger partial charge in [-0.05, 0) is 85.5 Å². The number of carbonyl (C=O) groups is 1. The number of benzene rings is 2. The third-order valence-corrected chi connectivity index (χ3v) is 6.70. The predicted molar refractivity (Wildman–Crippen MR) is 133 cm³/mol. The number of aromatic hydroxyl groups is 1. The fraction of sp³-hybridized carbons (Fsp3) is 0.391. The van der Waals surface area contributed by atoms with Crippen molar-refractivity contribution in [2.45, 2.75) is 39.2 Å². The molecule has 166 valence electrons. The van der Waals surface area contributed by atoms with Gasteiger partial charge in [0.2, 0.25) is 0 Å². The normalized spacial score (nSPS) is 11.6. The number of fused-ring (bicyclic) bond motifs is 1. The standard InChI is InChI=1S/C23H27IN2O4S/c1-23(2,3)30-21(28)26(13-11-15-5-8-17(24)9-6-15)14-12-16-7-10-18(27)19-20(16)31-22(29)25(19)4/h5-10,27H,11-14H2,1-4H3. The number of hydrogen-bond donors (Lipinski definition) is 1. The molecule has 8 heteroatoms. The molecular formula is C23H27IN2O4S. The molecule has 0 aliphatic carbocycles. The highest BCUT2D eigenvalue weighted by molar-refractivity contribution is 14.1. The summed E-state index contributed by atoms with van der Waals surface area (Å²) in [5, 5.41) is 10.2. The summed E-state index contributed by atoms with van der Waals surface area (Å²) in [6.45, 7) is 6.55. The number of aryl methyl sites for hydroxylation is 1. The Morgan fingerprint density at radius 1 is 1.13 bits per heavy atom. The zero-order valence-electron chi connectivity index (χ0n) is 18.1. The molecule has 0 saturated heterocycles. The number of halogens is 1. The van der Waals surface area contributed by atoms with Crippen LogP contribution in [0.2, 0.25) is 0 Å². The Balaban J connectivity index is 1.79. The van der Waals surface area contributed by atoms with Gasteiger partial charge in [-0.2, -0.15) is 0 Å². The van der Waals surface area contributed by atoms with Gasteiger partial charge in [-0.25, -0.2) is 4.79 Å². The van der Waals surface area contributed by atoms with E-state index in [1.165, 1.54) is 8.14 Å². The first-order valence-corrected chi connectivity index (χ1v) is 12.0. The molecule has 0 fully saturated rings. The summed E-state index contributed by atoms with van der Waals surface area (Å²) in [6, 6.07) is 11.7. The van der Waals surface area contributed by atoms with Gasteiger partial charge in [-0.3, -0.25) is 9.36 Å². The number of hydrogen-bond acceptors (Lipinski definition) is 5. The Labute approximate surface area is 199 Å². The third-order valence-electron chi connectivity index (χ3n) is 4.88. The molecule has 6 nitrogen and oxygen atoms in total. The monoisotopic (exact) mass is 554 g/mol. The van der Waals surface area contributed by atoms with E-state index in [9.17, 15) is 14.7 Å². The lowest BCUT2D eigenvalue weighted by Gasteiger charge is -2.27. The maximum absolute atomic E-state index is 12.8. The van der Waals surface area contributed by atoms with Gasteiger partial charge in [-0.1, -0.05) is 29.5 Å². The fourth-order valence-electron chi connectivity index (χ4n) is 3.28. The molecule has 31 heavy (non-hydrogen) atoms. The number of carbonyl (C=O) groups excluding carboxylic acids is 1. The quantitative estimate of drug-likeness (QED) is 0.439. The van der Waals surface area contributed by atoms with Gasteiger partial charge < -0.3 is 14.7 Å². The van der Waals surface area contributed by atoms with E-state index in [1.54, 1.807) is 18.0 Å². The first kappa shape index (κ1) is 23.6. The Morgan fingerprint density at radius 2 is 1.77 bits per heavy atom. The molecule has 3 rings (SSSR count). The molecule has 0 spiro atoms. The van der Waals surface area contributed by atoms with Crippen molar-refractivity contribution in [3.05, 3.63) is 60.8 Å². The third kappa shape index (κ3) is 6.00. The lowest BCUT2D eigenvalue weighted by molar-refractivity contribution is 0.0254. The van der Waals surface area contributed by atoms with Gasteiger partial charge in [0.05, 0.1) is 4.70 Å². The van der Waals surface area contributed by atoms with E-state index < -0.39 is 5.60 Å². The maximum atomic E-state index is 12.8. The zero-order chi connectivity index (χ0) is 22.8. The van der Waals surface area contributed by atoms with E-state index in [4.69, 9.17) is 4.74 Å². The first-order valence-electron chi connectivity index (χ1n) is 10.1. The Kier molecular flexibility index (Phi) is 7.31. The average Bonchev–Trinajstić information content (AvgIpc) is 2.99. The molecule has 3 aromatic rings. The van der Waals surface area contributed by atoms with Crippen LogP contribution in [0.25, 0.3) is 10.2 Å². The Bertz CT molecular complexity index is 1130. The van der Waals surface area contributed by atoms with Crippen LogP contribution < -0.4 is 4.87 Å². The largest absolute Gasteiger partial charge is 0.506 e. The molecule has 1 heterocycles.